The van der Waals surface area contributed by atoms with Crippen molar-refractivity contribution in [3.05, 3.63) is 29.3 Å². The minimum absolute atomic E-state index is 0.115. The van der Waals surface area contributed by atoms with Crippen molar-refractivity contribution in [3.8, 4) is 0 Å². The van der Waals surface area contributed by atoms with Crippen molar-refractivity contribution < 1.29 is 14.3 Å². The number of hydrogen-bond acceptors (Lipinski definition) is 4. The summed E-state index contributed by atoms with van der Waals surface area (Å²) >= 11 is 5.79. The SMILES string of the molecule is COCCOC(=O)CNc1cccc(Cl)c1. The smallest absolute Gasteiger partial charge is 0.325 e. The van der Waals surface area contributed by atoms with Gasteiger partial charge in [-0.15, -0.1) is 0 Å². The highest BCUT2D eigenvalue weighted by molar-refractivity contribution is 6.30. The molecule has 4 nitrogen and oxygen atoms in total. The van der Waals surface area contributed by atoms with Crippen LogP contribution in [0.4, 0.5) is 5.69 Å². The average molecular weight is 244 g/mol. The first-order chi connectivity index (χ1) is 7.72. The molecule has 0 aromatic heterocycles. The van der Waals surface area contributed by atoms with E-state index < -0.39 is 0 Å². The standard InChI is InChI=1S/C11H14ClNO3/c1-15-5-6-16-11(14)8-13-10-4-2-3-9(12)7-10/h2-4,7,13H,5-6,8H2,1H3. The summed E-state index contributed by atoms with van der Waals surface area (Å²) < 4.78 is 9.63. The lowest BCUT2D eigenvalue weighted by atomic mass is 10.3. The highest BCUT2D eigenvalue weighted by Crippen LogP contribution is 2.14. The fraction of sp³-hybridized carbons (Fsp3) is 0.364. The lowest BCUT2D eigenvalue weighted by Gasteiger charge is -2.07. The van der Waals surface area contributed by atoms with E-state index in [1.54, 1.807) is 25.3 Å². The molecule has 1 aromatic carbocycles. The maximum atomic E-state index is 11.2. The number of methoxy groups -OCH3 is 1. The van der Waals surface area contributed by atoms with Gasteiger partial charge in [0.1, 0.15) is 13.2 Å². The minimum Gasteiger partial charge on any atom is -0.462 e. The zero-order valence-corrected chi connectivity index (χ0v) is 9.79. The van der Waals surface area contributed by atoms with E-state index in [9.17, 15) is 4.79 Å². The van der Waals surface area contributed by atoms with E-state index in [2.05, 4.69) is 5.32 Å². The quantitative estimate of drug-likeness (QED) is 0.613. The number of anilines is 1. The van der Waals surface area contributed by atoms with Gasteiger partial charge in [0.2, 0.25) is 0 Å². The Labute approximate surface area is 99.5 Å². The minimum atomic E-state index is -0.322. The molecule has 0 aliphatic carbocycles. The molecule has 0 atom stereocenters. The van der Waals surface area contributed by atoms with Crippen molar-refractivity contribution in [2.45, 2.75) is 0 Å². The number of carbonyl (C=O) groups excluding carboxylic acids is 1. The molecular formula is C11H14ClNO3. The highest BCUT2D eigenvalue weighted by atomic mass is 35.5. The van der Waals surface area contributed by atoms with Crippen molar-refractivity contribution in [1.29, 1.82) is 0 Å². The summed E-state index contributed by atoms with van der Waals surface area (Å²) in [7, 11) is 1.55. The van der Waals surface area contributed by atoms with Gasteiger partial charge in [0, 0.05) is 17.8 Å². The number of esters is 1. The Kier molecular flexibility index (Phi) is 5.67. The molecule has 1 rings (SSSR count). The van der Waals surface area contributed by atoms with Gasteiger partial charge < -0.3 is 14.8 Å². The summed E-state index contributed by atoms with van der Waals surface area (Å²) in [5.41, 5.74) is 0.788. The van der Waals surface area contributed by atoms with Crippen LogP contribution in [-0.2, 0) is 14.3 Å². The zero-order chi connectivity index (χ0) is 11.8. The normalized spacial score (nSPS) is 9.88. The first kappa shape index (κ1) is 12.8. The Morgan fingerprint density at radius 1 is 1.44 bits per heavy atom. The third kappa shape index (κ3) is 5.00. The van der Waals surface area contributed by atoms with Gasteiger partial charge in [0.25, 0.3) is 0 Å². The van der Waals surface area contributed by atoms with Crippen LogP contribution in [0.25, 0.3) is 0 Å². The van der Waals surface area contributed by atoms with Crippen LogP contribution in [-0.4, -0.2) is 32.8 Å². The molecule has 0 amide bonds. The van der Waals surface area contributed by atoms with Gasteiger partial charge in [-0.25, -0.2) is 0 Å². The van der Waals surface area contributed by atoms with Crippen LogP contribution in [0.15, 0.2) is 24.3 Å². The van der Waals surface area contributed by atoms with Crippen LogP contribution in [0.3, 0.4) is 0 Å². The summed E-state index contributed by atoms with van der Waals surface area (Å²) in [5, 5.41) is 3.54. The fourth-order valence-corrected chi connectivity index (χ4v) is 1.25. The van der Waals surface area contributed by atoms with Crippen molar-refractivity contribution in [3.63, 3.8) is 0 Å². The molecule has 0 saturated carbocycles. The largest absolute Gasteiger partial charge is 0.462 e. The van der Waals surface area contributed by atoms with E-state index >= 15 is 0 Å². The Hall–Kier alpha value is -1.26. The second-order valence-corrected chi connectivity index (χ2v) is 3.51. The summed E-state index contributed by atoms with van der Waals surface area (Å²) in [4.78, 5) is 11.2. The lowest BCUT2D eigenvalue weighted by Crippen LogP contribution is -2.18. The van der Waals surface area contributed by atoms with E-state index in [0.717, 1.165) is 5.69 Å². The number of halogens is 1. The van der Waals surface area contributed by atoms with E-state index in [4.69, 9.17) is 21.1 Å². The summed E-state index contributed by atoms with van der Waals surface area (Å²) in [6.45, 7) is 0.791. The van der Waals surface area contributed by atoms with Crippen molar-refractivity contribution in [2.24, 2.45) is 0 Å². The highest BCUT2D eigenvalue weighted by Gasteiger charge is 2.02. The summed E-state index contributed by atoms with van der Waals surface area (Å²) in [6, 6.07) is 7.14. The maximum absolute atomic E-state index is 11.2. The fourth-order valence-electron chi connectivity index (χ4n) is 1.06. The van der Waals surface area contributed by atoms with Crippen LogP contribution in [0.2, 0.25) is 5.02 Å². The van der Waals surface area contributed by atoms with Crippen LogP contribution in [0, 0.1) is 0 Å². The van der Waals surface area contributed by atoms with E-state index in [1.165, 1.54) is 0 Å². The molecule has 1 aromatic rings. The number of benzene rings is 1. The molecule has 0 saturated heterocycles. The maximum Gasteiger partial charge on any atom is 0.325 e. The second kappa shape index (κ2) is 7.09. The van der Waals surface area contributed by atoms with Gasteiger partial charge in [-0.2, -0.15) is 0 Å². The molecule has 0 aliphatic heterocycles. The predicted octanol–water partition coefficient (Wildman–Crippen LogP) is 1.94. The molecule has 0 radical (unpaired) electrons. The second-order valence-electron chi connectivity index (χ2n) is 3.08. The Balaban J connectivity index is 2.26. The summed E-state index contributed by atoms with van der Waals surface area (Å²) in [6.07, 6.45) is 0. The molecular weight excluding hydrogens is 230 g/mol. The number of carbonyl (C=O) groups is 1. The van der Waals surface area contributed by atoms with Gasteiger partial charge in [-0.1, -0.05) is 17.7 Å². The number of rotatable bonds is 6. The molecule has 16 heavy (non-hydrogen) atoms. The third-order valence-electron chi connectivity index (χ3n) is 1.81. The lowest BCUT2D eigenvalue weighted by molar-refractivity contribution is -0.142. The summed E-state index contributed by atoms with van der Waals surface area (Å²) in [5.74, 6) is -0.322. The van der Waals surface area contributed by atoms with Gasteiger partial charge in [0.05, 0.1) is 6.61 Å². The molecule has 0 aliphatic rings. The first-order valence-electron chi connectivity index (χ1n) is 4.86. The predicted molar refractivity (Wildman–Crippen MR) is 62.8 cm³/mol. The molecule has 0 unspecified atom stereocenters. The van der Waals surface area contributed by atoms with Gasteiger partial charge in [-0.3, -0.25) is 4.79 Å². The monoisotopic (exact) mass is 243 g/mol. The number of hydrogen-bond donors (Lipinski definition) is 1. The Bertz CT molecular complexity index is 344. The molecule has 5 heteroatoms. The van der Waals surface area contributed by atoms with Crippen molar-refractivity contribution >= 4 is 23.3 Å². The first-order valence-corrected chi connectivity index (χ1v) is 5.24. The van der Waals surface area contributed by atoms with E-state index in [1.807, 2.05) is 6.07 Å². The molecule has 0 fully saturated rings. The van der Waals surface area contributed by atoms with Crippen LogP contribution in [0.5, 0.6) is 0 Å². The van der Waals surface area contributed by atoms with E-state index in [0.29, 0.717) is 11.6 Å². The topological polar surface area (TPSA) is 47.6 Å². The number of ether oxygens (including phenoxy) is 2. The van der Waals surface area contributed by atoms with Gasteiger partial charge >= 0.3 is 5.97 Å². The third-order valence-corrected chi connectivity index (χ3v) is 2.05. The Morgan fingerprint density at radius 3 is 2.94 bits per heavy atom. The Morgan fingerprint density at radius 2 is 2.25 bits per heavy atom. The molecule has 0 heterocycles. The van der Waals surface area contributed by atoms with Crippen LogP contribution < -0.4 is 5.32 Å². The molecule has 88 valence electrons. The van der Waals surface area contributed by atoms with Crippen molar-refractivity contribution in [1.82, 2.24) is 0 Å². The van der Waals surface area contributed by atoms with Gasteiger partial charge in [0.15, 0.2) is 0 Å². The van der Waals surface area contributed by atoms with Crippen LogP contribution >= 0.6 is 11.6 Å². The average Bonchev–Trinajstić information content (AvgIpc) is 2.27. The van der Waals surface area contributed by atoms with E-state index in [-0.39, 0.29) is 19.1 Å². The number of nitrogens with one attached hydrogen (secondary N) is 1. The zero-order valence-electron chi connectivity index (χ0n) is 9.03. The van der Waals surface area contributed by atoms with Crippen LogP contribution in [0.1, 0.15) is 0 Å². The molecule has 0 bridgehead atoms. The molecule has 0 spiro atoms. The van der Waals surface area contributed by atoms with Gasteiger partial charge in [-0.05, 0) is 18.2 Å². The van der Waals surface area contributed by atoms with Crippen molar-refractivity contribution in [2.75, 3.05) is 32.2 Å². The molecule has 1 N–H and O–H groups in total.